The Morgan fingerprint density at radius 3 is 2.00 bits per heavy atom. The van der Waals surface area contributed by atoms with E-state index in [1.807, 2.05) is 0 Å². The monoisotopic (exact) mass is 390 g/mol. The van der Waals surface area contributed by atoms with Gasteiger partial charge in [-0.3, -0.25) is 0 Å². The second kappa shape index (κ2) is 7.09. The maximum Gasteiger partial charge on any atom is 0.410 e. The zero-order valence-electron chi connectivity index (χ0n) is 17.2. The van der Waals surface area contributed by atoms with Crippen LogP contribution in [0.4, 0.5) is 18.4 Å². The molecule has 1 atom stereocenters. The van der Waals surface area contributed by atoms with Crippen LogP contribution in [0.2, 0.25) is 0 Å². The predicted octanol–water partition coefficient (Wildman–Crippen LogP) is 4.33. The topological polar surface area (TPSA) is 67.9 Å². The van der Waals surface area contributed by atoms with Crippen molar-refractivity contribution >= 4 is 12.2 Å². The molecule has 6 nitrogen and oxygen atoms in total. The molecule has 1 saturated carbocycles. The van der Waals surface area contributed by atoms with E-state index in [9.17, 15) is 18.4 Å². The second-order valence-electron chi connectivity index (χ2n) is 9.77. The minimum Gasteiger partial charge on any atom is -0.444 e. The van der Waals surface area contributed by atoms with Crippen molar-refractivity contribution in [1.82, 2.24) is 10.2 Å². The number of nitrogens with zero attached hydrogens (tertiary/aromatic N) is 1. The number of amides is 2. The standard InChI is InChI=1S/C19H32F2N2O4/c1-16(2,3)26-14(24)22-13-11-19(20,21)12-18(13)7-9-23(10-8-18)15(25)27-17(4,5)6/h13H,7-12H2,1-6H3,(H,22,24). The molecule has 0 bridgehead atoms. The Morgan fingerprint density at radius 2 is 1.52 bits per heavy atom. The van der Waals surface area contributed by atoms with Crippen LogP contribution in [0.15, 0.2) is 0 Å². The third-order valence-electron chi connectivity index (χ3n) is 4.95. The molecule has 2 rings (SSSR count). The lowest BCUT2D eigenvalue weighted by Crippen LogP contribution is -2.52. The Kier molecular flexibility index (Phi) is 5.70. The largest absolute Gasteiger partial charge is 0.444 e. The van der Waals surface area contributed by atoms with Gasteiger partial charge in [0.25, 0.3) is 5.92 Å². The normalized spacial score (nSPS) is 24.6. The van der Waals surface area contributed by atoms with E-state index >= 15 is 0 Å². The fourth-order valence-electron chi connectivity index (χ4n) is 3.87. The molecule has 2 fully saturated rings. The van der Waals surface area contributed by atoms with Crippen molar-refractivity contribution in [3.8, 4) is 0 Å². The van der Waals surface area contributed by atoms with Gasteiger partial charge in [-0.15, -0.1) is 0 Å². The molecular weight excluding hydrogens is 358 g/mol. The molecule has 0 radical (unpaired) electrons. The number of alkyl carbamates (subject to hydrolysis) is 1. The van der Waals surface area contributed by atoms with E-state index in [0.717, 1.165) is 0 Å². The molecule has 27 heavy (non-hydrogen) atoms. The highest BCUT2D eigenvalue weighted by molar-refractivity contribution is 5.69. The number of carbonyl (C=O) groups is 2. The number of carbonyl (C=O) groups excluding carboxylic acids is 2. The third kappa shape index (κ3) is 5.94. The van der Waals surface area contributed by atoms with Crippen LogP contribution in [-0.2, 0) is 9.47 Å². The van der Waals surface area contributed by atoms with E-state index in [2.05, 4.69) is 5.32 Å². The molecular formula is C19H32F2N2O4. The summed E-state index contributed by atoms with van der Waals surface area (Å²) in [6, 6.07) is -0.678. The van der Waals surface area contributed by atoms with Gasteiger partial charge < -0.3 is 19.7 Å². The highest BCUT2D eigenvalue weighted by Crippen LogP contribution is 2.53. The third-order valence-corrected chi connectivity index (χ3v) is 4.95. The molecule has 2 amide bonds. The van der Waals surface area contributed by atoms with Gasteiger partial charge in [0.1, 0.15) is 11.2 Å². The minimum atomic E-state index is -2.84. The van der Waals surface area contributed by atoms with E-state index in [0.29, 0.717) is 25.9 Å². The minimum absolute atomic E-state index is 0.289. The number of piperidine rings is 1. The number of nitrogens with one attached hydrogen (secondary N) is 1. The van der Waals surface area contributed by atoms with Gasteiger partial charge in [-0.1, -0.05) is 0 Å². The van der Waals surface area contributed by atoms with Gasteiger partial charge in [0.05, 0.1) is 0 Å². The fraction of sp³-hybridized carbons (Fsp3) is 0.895. The summed E-state index contributed by atoms with van der Waals surface area (Å²) < 4.78 is 39.0. The Bertz CT molecular complexity index is 573. The van der Waals surface area contributed by atoms with Crippen LogP contribution in [0.25, 0.3) is 0 Å². The molecule has 1 heterocycles. The summed E-state index contributed by atoms with van der Waals surface area (Å²) in [6.07, 6.45) is -1.02. The number of halogens is 2. The lowest BCUT2D eigenvalue weighted by molar-refractivity contribution is -0.0186. The maximum absolute atomic E-state index is 14.2. The molecule has 1 aliphatic heterocycles. The van der Waals surface area contributed by atoms with Crippen molar-refractivity contribution in [2.45, 2.75) is 90.4 Å². The quantitative estimate of drug-likeness (QED) is 0.724. The van der Waals surface area contributed by atoms with E-state index in [-0.39, 0.29) is 6.42 Å². The number of likely N-dealkylation sites (tertiary alicyclic amines) is 1. The molecule has 1 spiro atoms. The molecule has 0 aromatic heterocycles. The van der Waals surface area contributed by atoms with Gasteiger partial charge in [-0.05, 0) is 59.8 Å². The van der Waals surface area contributed by atoms with Crippen LogP contribution in [0.1, 0.15) is 67.2 Å². The molecule has 1 unspecified atom stereocenters. The summed E-state index contributed by atoms with van der Waals surface area (Å²) in [5, 5.41) is 2.66. The average molecular weight is 390 g/mol. The molecule has 8 heteroatoms. The summed E-state index contributed by atoms with van der Waals surface area (Å²) in [6.45, 7) is 11.2. The maximum atomic E-state index is 14.2. The van der Waals surface area contributed by atoms with Crippen LogP contribution < -0.4 is 5.32 Å². The lowest BCUT2D eigenvalue weighted by Gasteiger charge is -2.43. The summed E-state index contributed by atoms with van der Waals surface area (Å²) in [5.41, 5.74) is -2.04. The molecule has 1 saturated heterocycles. The van der Waals surface area contributed by atoms with Crippen molar-refractivity contribution < 1.29 is 27.8 Å². The van der Waals surface area contributed by atoms with Gasteiger partial charge >= 0.3 is 12.2 Å². The van der Waals surface area contributed by atoms with Gasteiger partial charge in [0.2, 0.25) is 0 Å². The van der Waals surface area contributed by atoms with Gasteiger partial charge in [0, 0.05) is 32.0 Å². The lowest BCUT2D eigenvalue weighted by atomic mass is 9.74. The first kappa shape index (κ1) is 21.7. The Morgan fingerprint density at radius 1 is 1.00 bits per heavy atom. The fourth-order valence-corrected chi connectivity index (χ4v) is 3.87. The zero-order chi connectivity index (χ0) is 20.7. The van der Waals surface area contributed by atoms with Gasteiger partial charge in [-0.25, -0.2) is 18.4 Å². The summed E-state index contributed by atoms with van der Waals surface area (Å²) in [7, 11) is 0. The van der Waals surface area contributed by atoms with Crippen LogP contribution in [-0.4, -0.2) is 53.3 Å². The van der Waals surface area contributed by atoms with Crippen molar-refractivity contribution in [2.75, 3.05) is 13.1 Å². The Hall–Kier alpha value is -1.60. The highest BCUT2D eigenvalue weighted by Gasteiger charge is 2.57. The Labute approximate surface area is 159 Å². The first-order valence-electron chi connectivity index (χ1n) is 9.46. The van der Waals surface area contributed by atoms with Crippen molar-refractivity contribution in [3.05, 3.63) is 0 Å². The number of hydrogen-bond donors (Lipinski definition) is 1. The predicted molar refractivity (Wildman–Crippen MR) is 96.8 cm³/mol. The van der Waals surface area contributed by atoms with Crippen molar-refractivity contribution in [1.29, 1.82) is 0 Å². The highest BCUT2D eigenvalue weighted by atomic mass is 19.3. The summed E-state index contributed by atoms with van der Waals surface area (Å²) in [5.74, 6) is -2.84. The first-order valence-corrected chi connectivity index (χ1v) is 9.46. The van der Waals surface area contributed by atoms with E-state index in [1.54, 1.807) is 46.4 Å². The molecule has 156 valence electrons. The van der Waals surface area contributed by atoms with Crippen molar-refractivity contribution in [3.63, 3.8) is 0 Å². The molecule has 1 aliphatic carbocycles. The smallest absolute Gasteiger partial charge is 0.410 e. The molecule has 1 N–H and O–H groups in total. The van der Waals surface area contributed by atoms with Crippen LogP contribution >= 0.6 is 0 Å². The van der Waals surface area contributed by atoms with Crippen LogP contribution in [0, 0.1) is 5.41 Å². The van der Waals surface area contributed by atoms with E-state index in [1.165, 1.54) is 0 Å². The molecule has 0 aromatic carbocycles. The molecule has 2 aliphatic rings. The number of hydrogen-bond acceptors (Lipinski definition) is 4. The Balaban J connectivity index is 2.04. The van der Waals surface area contributed by atoms with E-state index < -0.39 is 47.2 Å². The average Bonchev–Trinajstić information content (AvgIpc) is 2.65. The second-order valence-corrected chi connectivity index (χ2v) is 9.77. The van der Waals surface area contributed by atoms with Gasteiger partial charge in [0.15, 0.2) is 0 Å². The van der Waals surface area contributed by atoms with Crippen LogP contribution in [0.5, 0.6) is 0 Å². The summed E-state index contributed by atoms with van der Waals surface area (Å²) in [4.78, 5) is 25.9. The number of alkyl halides is 2. The van der Waals surface area contributed by atoms with Crippen molar-refractivity contribution in [2.24, 2.45) is 5.41 Å². The summed E-state index contributed by atoms with van der Waals surface area (Å²) >= 11 is 0. The molecule has 0 aromatic rings. The number of rotatable bonds is 1. The SMILES string of the molecule is CC(C)(C)OC(=O)NC1CC(F)(F)CC12CCN(C(=O)OC(C)(C)C)CC2. The van der Waals surface area contributed by atoms with E-state index in [4.69, 9.17) is 9.47 Å². The van der Waals surface area contributed by atoms with Crippen LogP contribution in [0.3, 0.4) is 0 Å². The first-order chi connectivity index (χ1) is 12.1. The number of ether oxygens (including phenoxy) is 2. The zero-order valence-corrected chi connectivity index (χ0v) is 17.2. The van der Waals surface area contributed by atoms with Gasteiger partial charge in [-0.2, -0.15) is 0 Å².